The van der Waals surface area contributed by atoms with E-state index in [1.165, 1.54) is 10.6 Å². The zero-order chi connectivity index (χ0) is 22.3. The van der Waals surface area contributed by atoms with Crippen LogP contribution in [-0.2, 0) is 9.26 Å². The van der Waals surface area contributed by atoms with Crippen molar-refractivity contribution < 1.29 is 14.1 Å². The molecule has 0 aromatic heterocycles. The summed E-state index contributed by atoms with van der Waals surface area (Å²) in [5.74, 6) is -0.292. The minimum atomic E-state index is -0.947. The van der Waals surface area contributed by atoms with Crippen molar-refractivity contribution in [2.45, 2.75) is 51.7 Å². The van der Waals surface area contributed by atoms with Gasteiger partial charge in [-0.2, -0.15) is 0 Å². The van der Waals surface area contributed by atoms with Gasteiger partial charge >= 0.3 is 5.97 Å². The molecule has 0 bridgehead atoms. The number of esters is 1. The van der Waals surface area contributed by atoms with Gasteiger partial charge in [0.1, 0.15) is 5.60 Å². The molecule has 0 heterocycles. The zero-order valence-electron chi connectivity index (χ0n) is 18.7. The summed E-state index contributed by atoms with van der Waals surface area (Å²) >= 11 is 0. The maximum absolute atomic E-state index is 12.5. The van der Waals surface area contributed by atoms with Crippen LogP contribution in [0.4, 0.5) is 0 Å². The minimum absolute atomic E-state index is 0.292. The highest BCUT2D eigenvalue weighted by molar-refractivity contribution is 7.68. The van der Waals surface area contributed by atoms with Gasteiger partial charge in [0.15, 0.2) is 0 Å². The van der Waals surface area contributed by atoms with Crippen LogP contribution in [0.2, 0.25) is 0 Å². The number of ether oxygens (including phenoxy) is 1. The summed E-state index contributed by atoms with van der Waals surface area (Å²) in [5.41, 5.74) is -0.397. The highest BCUT2D eigenvalue weighted by Gasteiger charge is 2.31. The summed E-state index contributed by atoms with van der Waals surface area (Å²) in [7, 11) is -0.947. The van der Waals surface area contributed by atoms with Crippen molar-refractivity contribution in [2.24, 2.45) is 0 Å². The fraction of sp³-hybridized carbons (Fsp3) is 0.296. The van der Waals surface area contributed by atoms with E-state index in [1.54, 1.807) is 12.1 Å². The second-order valence-corrected chi connectivity index (χ2v) is 10.6. The Morgan fingerprint density at radius 1 is 0.677 bits per heavy atom. The molecule has 0 radical (unpaired) electrons. The number of hydrogen-bond acceptors (Lipinski definition) is 3. The number of hydrogen-bond donors (Lipinski definition) is 0. The van der Waals surface area contributed by atoms with E-state index in [0.717, 1.165) is 6.42 Å². The molecule has 0 unspecified atom stereocenters. The fourth-order valence-electron chi connectivity index (χ4n) is 3.21. The average Bonchev–Trinajstić information content (AvgIpc) is 2.78. The van der Waals surface area contributed by atoms with Gasteiger partial charge in [-0.1, -0.05) is 78.9 Å². The number of carbonyl (C=O) groups excluding carboxylic acids is 1. The highest BCUT2D eigenvalue weighted by Crippen LogP contribution is 2.42. The molecule has 4 heteroatoms. The van der Waals surface area contributed by atoms with Crippen LogP contribution in [-0.4, -0.2) is 17.2 Å². The van der Waals surface area contributed by atoms with Crippen molar-refractivity contribution in [1.82, 2.24) is 0 Å². The molecule has 3 rings (SSSR count). The smallest absolute Gasteiger partial charge is 0.338 e. The zero-order valence-corrected chi connectivity index (χ0v) is 19.6. The van der Waals surface area contributed by atoms with E-state index in [2.05, 4.69) is 62.4 Å². The standard InChI is InChI=1S/C27H31O3P/c1-26(2,29-25(28)22-14-8-5-9-15-22)20-21-27(3,4)30-31(23-16-10-6-11-17-23)24-18-12-7-13-19-24/h5-19H,20-21H2,1-4H3. The minimum Gasteiger partial charge on any atom is -0.456 e. The van der Waals surface area contributed by atoms with Crippen molar-refractivity contribution in [3.8, 4) is 0 Å². The van der Waals surface area contributed by atoms with E-state index < -0.39 is 13.7 Å². The molecular formula is C27H31O3P. The van der Waals surface area contributed by atoms with Gasteiger partial charge in [-0.3, -0.25) is 0 Å². The first kappa shape index (κ1) is 23.2. The van der Waals surface area contributed by atoms with Gasteiger partial charge in [0.05, 0.1) is 19.3 Å². The first-order valence-electron chi connectivity index (χ1n) is 10.6. The molecule has 0 saturated heterocycles. The van der Waals surface area contributed by atoms with E-state index in [-0.39, 0.29) is 11.6 Å². The Morgan fingerprint density at radius 3 is 1.58 bits per heavy atom. The Morgan fingerprint density at radius 2 is 1.10 bits per heavy atom. The summed E-state index contributed by atoms with van der Waals surface area (Å²) in [4.78, 5) is 12.5. The van der Waals surface area contributed by atoms with Gasteiger partial charge in [0.25, 0.3) is 0 Å². The second-order valence-electron chi connectivity index (χ2n) is 8.83. The fourth-order valence-corrected chi connectivity index (χ4v) is 5.19. The molecule has 0 N–H and O–H groups in total. The average molecular weight is 435 g/mol. The number of carbonyl (C=O) groups is 1. The molecule has 3 nitrogen and oxygen atoms in total. The first-order chi connectivity index (χ1) is 14.8. The van der Waals surface area contributed by atoms with Crippen molar-refractivity contribution >= 4 is 24.7 Å². The summed E-state index contributed by atoms with van der Waals surface area (Å²) < 4.78 is 12.5. The maximum atomic E-state index is 12.5. The molecule has 31 heavy (non-hydrogen) atoms. The molecule has 0 spiro atoms. The Labute approximate surface area is 187 Å². The largest absolute Gasteiger partial charge is 0.456 e. The van der Waals surface area contributed by atoms with Crippen LogP contribution in [0.25, 0.3) is 0 Å². The van der Waals surface area contributed by atoms with Crippen LogP contribution in [0, 0.1) is 0 Å². The third-order valence-electron chi connectivity index (χ3n) is 5.03. The van der Waals surface area contributed by atoms with Gasteiger partial charge in [-0.25, -0.2) is 4.79 Å². The summed E-state index contributed by atoms with van der Waals surface area (Å²) in [6.07, 6.45) is 1.46. The molecule has 0 amide bonds. The highest BCUT2D eigenvalue weighted by atomic mass is 31.1. The molecule has 162 valence electrons. The molecule has 0 fully saturated rings. The quantitative estimate of drug-likeness (QED) is 0.295. The SMILES string of the molecule is CC(C)(CCC(C)(C)OP(c1ccccc1)c1ccccc1)OC(=O)c1ccccc1. The van der Waals surface area contributed by atoms with E-state index >= 15 is 0 Å². The predicted molar refractivity (Wildman–Crippen MR) is 129 cm³/mol. The van der Waals surface area contributed by atoms with Crippen LogP contribution < -0.4 is 10.6 Å². The number of benzene rings is 3. The lowest BCUT2D eigenvalue weighted by molar-refractivity contribution is -0.0146. The summed E-state index contributed by atoms with van der Waals surface area (Å²) in [6, 6.07) is 29.9. The molecule has 0 aliphatic rings. The van der Waals surface area contributed by atoms with E-state index in [0.29, 0.717) is 12.0 Å². The van der Waals surface area contributed by atoms with Crippen LogP contribution in [0.5, 0.6) is 0 Å². The molecule has 3 aromatic rings. The summed E-state index contributed by atoms with van der Waals surface area (Å²) in [5, 5.41) is 2.37. The third kappa shape index (κ3) is 7.02. The lowest BCUT2D eigenvalue weighted by Gasteiger charge is -2.34. The molecule has 0 atom stereocenters. The predicted octanol–water partition coefficient (Wildman–Crippen LogP) is 6.25. The lowest BCUT2D eigenvalue weighted by Crippen LogP contribution is -2.33. The van der Waals surface area contributed by atoms with Gasteiger partial charge in [-0.15, -0.1) is 0 Å². The lowest BCUT2D eigenvalue weighted by atomic mass is 9.94. The first-order valence-corrected chi connectivity index (χ1v) is 11.9. The number of rotatable bonds is 9. The topological polar surface area (TPSA) is 35.5 Å². The molecule has 0 aliphatic carbocycles. The monoisotopic (exact) mass is 434 g/mol. The van der Waals surface area contributed by atoms with E-state index in [4.69, 9.17) is 9.26 Å². The molecular weight excluding hydrogens is 403 g/mol. The maximum Gasteiger partial charge on any atom is 0.338 e. The van der Waals surface area contributed by atoms with Crippen LogP contribution >= 0.6 is 8.15 Å². The summed E-state index contributed by atoms with van der Waals surface area (Å²) in [6.45, 7) is 8.15. The van der Waals surface area contributed by atoms with Gasteiger partial charge in [0, 0.05) is 10.6 Å². The van der Waals surface area contributed by atoms with Crippen molar-refractivity contribution in [2.75, 3.05) is 0 Å². The Balaban J connectivity index is 1.67. The Kier molecular flexibility index (Phi) is 7.64. The van der Waals surface area contributed by atoms with Gasteiger partial charge in [0.2, 0.25) is 0 Å². The van der Waals surface area contributed by atoms with Gasteiger partial charge < -0.3 is 9.26 Å². The van der Waals surface area contributed by atoms with E-state index in [9.17, 15) is 4.79 Å². The van der Waals surface area contributed by atoms with Crippen LogP contribution in [0.15, 0.2) is 91.0 Å². The Bertz CT molecular complexity index is 914. The molecule has 0 saturated carbocycles. The Hall–Kier alpha value is -2.48. The third-order valence-corrected chi connectivity index (χ3v) is 7.24. The van der Waals surface area contributed by atoms with Crippen LogP contribution in [0.3, 0.4) is 0 Å². The van der Waals surface area contributed by atoms with Crippen LogP contribution in [0.1, 0.15) is 50.9 Å². The van der Waals surface area contributed by atoms with E-state index in [1.807, 2.05) is 44.2 Å². The van der Waals surface area contributed by atoms with Crippen molar-refractivity contribution in [1.29, 1.82) is 0 Å². The van der Waals surface area contributed by atoms with Gasteiger partial charge in [-0.05, 0) is 52.7 Å². The normalized spacial score (nSPS) is 12.0. The molecule has 3 aromatic carbocycles. The molecule has 0 aliphatic heterocycles. The second kappa shape index (κ2) is 10.2. The van der Waals surface area contributed by atoms with Crippen molar-refractivity contribution in [3.05, 3.63) is 96.6 Å². The van der Waals surface area contributed by atoms with Crippen molar-refractivity contribution in [3.63, 3.8) is 0 Å².